The molecule has 0 saturated carbocycles. The second-order valence-corrected chi connectivity index (χ2v) is 9.85. The minimum atomic E-state index is 1.21. The molecule has 1 heteroatoms. The van der Waals surface area contributed by atoms with E-state index in [-0.39, 0.29) is 0 Å². The van der Waals surface area contributed by atoms with Gasteiger partial charge in [0, 0.05) is 25.0 Å². The van der Waals surface area contributed by atoms with Gasteiger partial charge >= 0.3 is 0 Å². The lowest BCUT2D eigenvalue weighted by atomic mass is 10.0. The van der Waals surface area contributed by atoms with Crippen molar-refractivity contribution in [3.8, 4) is 0 Å². The fourth-order valence-electron chi connectivity index (χ4n) is 4.70. The van der Waals surface area contributed by atoms with Crippen molar-refractivity contribution < 1.29 is 4.57 Å². The molecule has 1 nitrogen and oxygen atoms in total. The lowest BCUT2D eigenvalue weighted by Gasteiger charge is -2.05. The molecule has 31 heavy (non-hydrogen) atoms. The van der Waals surface area contributed by atoms with E-state index in [1.807, 2.05) is 0 Å². The predicted molar refractivity (Wildman–Crippen MR) is 139 cm³/mol. The van der Waals surface area contributed by atoms with E-state index in [2.05, 4.69) is 42.8 Å². The number of nitrogens with zero attached hydrogens (tertiary/aromatic N) is 1. The molecule has 0 saturated heterocycles. The number of aromatic nitrogens is 1. The van der Waals surface area contributed by atoms with Gasteiger partial charge in [-0.25, -0.2) is 4.57 Å². The van der Waals surface area contributed by atoms with Gasteiger partial charge in [0.1, 0.15) is 6.54 Å². The van der Waals surface area contributed by atoms with Gasteiger partial charge in [0.25, 0.3) is 0 Å². The van der Waals surface area contributed by atoms with Crippen molar-refractivity contribution in [1.82, 2.24) is 0 Å². The standard InChI is InChI=1S/C30H56N/c1-3-5-7-9-11-12-13-14-15-16-17-18-19-20-22-26-30-27-23-25-29-31(30)28-24-21-10-8-6-4-2/h23,25,27,29H,3-22,24,26,28H2,1-2H3/q+1. The van der Waals surface area contributed by atoms with Crippen LogP contribution >= 0.6 is 0 Å². The number of rotatable bonds is 23. The van der Waals surface area contributed by atoms with Crippen LogP contribution < -0.4 is 4.57 Å². The van der Waals surface area contributed by atoms with E-state index in [0.717, 1.165) is 0 Å². The minimum Gasteiger partial charge on any atom is -0.202 e. The average molecular weight is 431 g/mol. The lowest BCUT2D eigenvalue weighted by Crippen LogP contribution is -2.37. The van der Waals surface area contributed by atoms with E-state index < -0.39 is 0 Å². The fourth-order valence-corrected chi connectivity index (χ4v) is 4.70. The van der Waals surface area contributed by atoms with Gasteiger partial charge in [-0.3, -0.25) is 0 Å². The van der Waals surface area contributed by atoms with E-state index >= 15 is 0 Å². The van der Waals surface area contributed by atoms with Crippen LogP contribution in [-0.2, 0) is 13.0 Å². The maximum atomic E-state index is 2.52. The summed E-state index contributed by atoms with van der Waals surface area (Å²) in [6.45, 7) is 5.81. The van der Waals surface area contributed by atoms with E-state index in [1.165, 1.54) is 148 Å². The van der Waals surface area contributed by atoms with Crippen molar-refractivity contribution in [2.45, 2.75) is 162 Å². The molecule has 0 bridgehead atoms. The zero-order valence-electron chi connectivity index (χ0n) is 21.5. The maximum Gasteiger partial charge on any atom is 0.181 e. The fraction of sp³-hybridized carbons (Fsp3) is 0.833. The first-order valence-electron chi connectivity index (χ1n) is 14.4. The Hall–Kier alpha value is -0.850. The summed E-state index contributed by atoms with van der Waals surface area (Å²) >= 11 is 0. The highest BCUT2D eigenvalue weighted by molar-refractivity contribution is 4.97. The smallest absolute Gasteiger partial charge is 0.181 e. The largest absolute Gasteiger partial charge is 0.202 e. The van der Waals surface area contributed by atoms with Crippen molar-refractivity contribution in [1.29, 1.82) is 0 Å². The molecule has 0 spiro atoms. The molecule has 1 aromatic heterocycles. The van der Waals surface area contributed by atoms with Gasteiger partial charge in [0.05, 0.1) is 0 Å². The Balaban J connectivity index is 1.94. The van der Waals surface area contributed by atoms with E-state index in [0.29, 0.717) is 0 Å². The van der Waals surface area contributed by atoms with Crippen LogP contribution in [0.5, 0.6) is 0 Å². The van der Waals surface area contributed by atoms with Gasteiger partial charge in [-0.1, -0.05) is 135 Å². The third kappa shape index (κ3) is 17.4. The molecule has 0 aliphatic carbocycles. The Morgan fingerprint density at radius 2 is 0.903 bits per heavy atom. The summed E-state index contributed by atoms with van der Waals surface area (Å²) in [4.78, 5) is 0. The summed E-state index contributed by atoms with van der Waals surface area (Å²) in [6, 6.07) is 6.77. The summed E-state index contributed by atoms with van der Waals surface area (Å²) < 4.78 is 2.52. The summed E-state index contributed by atoms with van der Waals surface area (Å²) in [6.07, 6.45) is 33.5. The average Bonchev–Trinajstić information content (AvgIpc) is 2.79. The minimum absolute atomic E-state index is 1.21. The Kier molecular flexibility index (Phi) is 20.3. The molecule has 0 radical (unpaired) electrons. The molecule has 180 valence electrons. The van der Waals surface area contributed by atoms with Crippen LogP contribution in [0.3, 0.4) is 0 Å². The molecule has 0 aliphatic rings. The Bertz CT molecular complexity index is 481. The number of unbranched alkanes of at least 4 members (excludes halogenated alkanes) is 19. The summed E-state index contributed by atoms with van der Waals surface area (Å²) in [5.41, 5.74) is 1.55. The number of hydrogen-bond donors (Lipinski definition) is 0. The third-order valence-electron chi connectivity index (χ3n) is 6.82. The summed E-state index contributed by atoms with van der Waals surface area (Å²) in [5.74, 6) is 0. The Labute approximate surface area is 196 Å². The van der Waals surface area contributed by atoms with Crippen molar-refractivity contribution in [2.75, 3.05) is 0 Å². The normalized spacial score (nSPS) is 11.3. The molecule has 0 unspecified atom stereocenters. The van der Waals surface area contributed by atoms with Gasteiger partial charge in [-0.2, -0.15) is 0 Å². The second kappa shape index (κ2) is 22.3. The first-order valence-corrected chi connectivity index (χ1v) is 14.4. The van der Waals surface area contributed by atoms with Crippen molar-refractivity contribution in [3.63, 3.8) is 0 Å². The van der Waals surface area contributed by atoms with E-state index in [4.69, 9.17) is 0 Å². The number of hydrogen-bond acceptors (Lipinski definition) is 0. The highest BCUT2D eigenvalue weighted by Crippen LogP contribution is 2.14. The van der Waals surface area contributed by atoms with Crippen LogP contribution in [-0.4, -0.2) is 0 Å². The van der Waals surface area contributed by atoms with Crippen molar-refractivity contribution in [3.05, 3.63) is 30.1 Å². The monoisotopic (exact) mass is 430 g/mol. The quantitative estimate of drug-likeness (QED) is 0.120. The molecular weight excluding hydrogens is 374 g/mol. The Morgan fingerprint density at radius 1 is 0.484 bits per heavy atom. The van der Waals surface area contributed by atoms with Crippen LogP contribution in [0, 0.1) is 0 Å². The SMILES string of the molecule is CCCCCCCCCCCCCCCCCc1cccc[n+]1CCCCCCCC. The van der Waals surface area contributed by atoms with E-state index in [1.54, 1.807) is 5.69 Å². The van der Waals surface area contributed by atoms with Gasteiger partial charge in [0.2, 0.25) is 0 Å². The predicted octanol–water partition coefficient (Wildman–Crippen LogP) is 9.75. The van der Waals surface area contributed by atoms with E-state index in [9.17, 15) is 0 Å². The molecule has 0 atom stereocenters. The highest BCUT2D eigenvalue weighted by atomic mass is 14.9. The van der Waals surface area contributed by atoms with Gasteiger partial charge in [-0.15, -0.1) is 0 Å². The van der Waals surface area contributed by atoms with Crippen molar-refractivity contribution in [2.24, 2.45) is 0 Å². The van der Waals surface area contributed by atoms with Crippen LogP contribution in [0.1, 0.15) is 154 Å². The molecule has 0 fully saturated rings. The molecule has 0 N–H and O–H groups in total. The molecule has 1 aromatic rings. The first-order chi connectivity index (χ1) is 15.4. The van der Waals surface area contributed by atoms with Gasteiger partial charge in [-0.05, 0) is 12.8 Å². The van der Waals surface area contributed by atoms with Crippen LogP contribution in [0.4, 0.5) is 0 Å². The maximum absolute atomic E-state index is 2.52. The molecule has 0 amide bonds. The second-order valence-electron chi connectivity index (χ2n) is 9.85. The van der Waals surface area contributed by atoms with Gasteiger partial charge in [0.15, 0.2) is 11.9 Å². The highest BCUT2D eigenvalue weighted by Gasteiger charge is 2.08. The van der Waals surface area contributed by atoms with Crippen LogP contribution in [0.15, 0.2) is 24.4 Å². The van der Waals surface area contributed by atoms with Crippen LogP contribution in [0.2, 0.25) is 0 Å². The number of pyridine rings is 1. The lowest BCUT2D eigenvalue weighted by molar-refractivity contribution is -0.704. The Morgan fingerprint density at radius 3 is 1.39 bits per heavy atom. The molecule has 0 aromatic carbocycles. The zero-order valence-corrected chi connectivity index (χ0v) is 21.5. The first kappa shape index (κ1) is 28.2. The molecular formula is C30H56N+. The third-order valence-corrected chi connectivity index (χ3v) is 6.82. The molecule has 1 rings (SSSR count). The number of aryl methyl sites for hydroxylation is 2. The summed E-state index contributed by atoms with van der Waals surface area (Å²) in [5, 5.41) is 0. The van der Waals surface area contributed by atoms with Crippen LogP contribution in [0.25, 0.3) is 0 Å². The molecule has 0 aliphatic heterocycles. The molecule has 1 heterocycles. The van der Waals surface area contributed by atoms with Gasteiger partial charge < -0.3 is 0 Å². The topological polar surface area (TPSA) is 3.88 Å². The van der Waals surface area contributed by atoms with Crippen molar-refractivity contribution >= 4 is 0 Å². The summed E-state index contributed by atoms with van der Waals surface area (Å²) in [7, 11) is 0. The zero-order chi connectivity index (χ0) is 22.2.